The Labute approximate surface area is 155 Å². The lowest BCUT2D eigenvalue weighted by Gasteiger charge is -2.24. The normalized spacial score (nSPS) is 13.2. The van der Waals surface area contributed by atoms with E-state index in [0.29, 0.717) is 29.2 Å². The molecule has 0 bridgehead atoms. The van der Waals surface area contributed by atoms with E-state index in [1.807, 2.05) is 0 Å². The lowest BCUT2D eigenvalue weighted by atomic mass is 10.0. The Bertz CT molecular complexity index is 932. The molecule has 0 saturated heterocycles. The lowest BCUT2D eigenvalue weighted by molar-refractivity contribution is 0.0983. The van der Waals surface area contributed by atoms with Gasteiger partial charge >= 0.3 is 0 Å². The lowest BCUT2D eigenvalue weighted by Crippen LogP contribution is -2.34. The van der Waals surface area contributed by atoms with Crippen LogP contribution < -0.4 is 4.90 Å². The van der Waals surface area contributed by atoms with Crippen LogP contribution in [0.25, 0.3) is 0 Å². The fraction of sp³-hybridized carbons (Fsp3) is 0.250. The second-order valence-corrected chi connectivity index (χ2v) is 6.76. The van der Waals surface area contributed by atoms with Gasteiger partial charge in [-0.25, -0.2) is 4.39 Å². The molecule has 1 saturated carbocycles. The number of amides is 1. The number of halogens is 2. The van der Waals surface area contributed by atoms with Gasteiger partial charge in [0, 0.05) is 12.1 Å². The summed E-state index contributed by atoms with van der Waals surface area (Å²) in [7, 11) is 0. The number of aryl methyl sites for hydroxylation is 1. The SMILES string of the molecule is Cc1cc(C(=O)N(CC2CC2)c2cccc(C(=O)Cl)c2F)ccc1C#N. The zero-order valence-electron chi connectivity index (χ0n) is 14.1. The van der Waals surface area contributed by atoms with Crippen molar-refractivity contribution < 1.29 is 14.0 Å². The maximum Gasteiger partial charge on any atom is 0.258 e. The van der Waals surface area contributed by atoms with Crippen molar-refractivity contribution >= 4 is 28.4 Å². The minimum Gasteiger partial charge on any atom is -0.305 e. The van der Waals surface area contributed by atoms with E-state index in [-0.39, 0.29) is 17.2 Å². The molecule has 0 unspecified atom stereocenters. The summed E-state index contributed by atoms with van der Waals surface area (Å²) in [5.41, 5.74) is 1.31. The number of carbonyl (C=O) groups is 2. The molecule has 26 heavy (non-hydrogen) atoms. The third-order valence-electron chi connectivity index (χ3n) is 4.46. The summed E-state index contributed by atoms with van der Waals surface area (Å²) in [5, 5.41) is 8.14. The number of hydrogen-bond acceptors (Lipinski definition) is 3. The molecule has 132 valence electrons. The molecule has 0 heterocycles. The molecule has 0 spiro atoms. The van der Waals surface area contributed by atoms with Gasteiger partial charge in [0.05, 0.1) is 22.9 Å². The molecule has 6 heteroatoms. The molecule has 1 fully saturated rings. The molecule has 1 aliphatic carbocycles. The zero-order chi connectivity index (χ0) is 18.8. The van der Waals surface area contributed by atoms with Crippen LogP contribution in [0.3, 0.4) is 0 Å². The van der Waals surface area contributed by atoms with Gasteiger partial charge in [0.2, 0.25) is 0 Å². The Morgan fingerprint density at radius 2 is 2.04 bits per heavy atom. The van der Waals surface area contributed by atoms with E-state index in [4.69, 9.17) is 16.9 Å². The Balaban J connectivity index is 2.03. The fourth-order valence-corrected chi connectivity index (χ4v) is 2.95. The van der Waals surface area contributed by atoms with Gasteiger partial charge in [0.25, 0.3) is 11.1 Å². The van der Waals surface area contributed by atoms with Gasteiger partial charge in [-0.05, 0) is 73.2 Å². The van der Waals surface area contributed by atoms with Crippen molar-refractivity contribution in [1.29, 1.82) is 5.26 Å². The molecule has 3 rings (SSSR count). The number of carbonyl (C=O) groups excluding carboxylic acids is 2. The number of hydrogen-bond donors (Lipinski definition) is 0. The quantitative estimate of drug-likeness (QED) is 0.731. The van der Waals surface area contributed by atoms with Gasteiger partial charge in [-0.3, -0.25) is 9.59 Å². The van der Waals surface area contributed by atoms with Crippen molar-refractivity contribution in [2.24, 2.45) is 5.92 Å². The maximum atomic E-state index is 14.8. The molecule has 0 atom stereocenters. The molecular formula is C20H16ClFN2O2. The molecule has 1 aliphatic rings. The van der Waals surface area contributed by atoms with Crippen LogP contribution in [0, 0.1) is 30.0 Å². The summed E-state index contributed by atoms with van der Waals surface area (Å²) in [6, 6.07) is 11.1. The highest BCUT2D eigenvalue weighted by Crippen LogP contribution is 2.34. The summed E-state index contributed by atoms with van der Waals surface area (Å²) in [6.45, 7) is 2.11. The van der Waals surface area contributed by atoms with Gasteiger partial charge < -0.3 is 4.90 Å². The maximum absolute atomic E-state index is 14.8. The van der Waals surface area contributed by atoms with Gasteiger partial charge in [-0.15, -0.1) is 0 Å². The standard InChI is InChI=1S/C20H16ClFN2O2/c1-12-9-14(7-8-15(12)10-23)20(26)24(11-13-5-6-13)17-4-2-3-16(18(17)22)19(21)25/h2-4,7-9,13H,5-6,11H2,1H3. The fourth-order valence-electron chi connectivity index (χ4n) is 2.81. The van der Waals surface area contributed by atoms with Gasteiger partial charge in [0.1, 0.15) is 0 Å². The Morgan fingerprint density at radius 1 is 1.31 bits per heavy atom. The summed E-state index contributed by atoms with van der Waals surface area (Å²) < 4.78 is 14.8. The van der Waals surface area contributed by atoms with Crippen LogP contribution in [-0.4, -0.2) is 17.7 Å². The van der Waals surface area contributed by atoms with Crippen LogP contribution in [0.4, 0.5) is 10.1 Å². The van der Waals surface area contributed by atoms with Gasteiger partial charge in [-0.2, -0.15) is 5.26 Å². The monoisotopic (exact) mass is 370 g/mol. The number of nitriles is 1. The van der Waals surface area contributed by atoms with E-state index in [1.54, 1.807) is 25.1 Å². The van der Waals surface area contributed by atoms with E-state index in [2.05, 4.69) is 6.07 Å². The van der Waals surface area contributed by atoms with Crippen molar-refractivity contribution in [3.05, 3.63) is 64.5 Å². The first-order valence-electron chi connectivity index (χ1n) is 8.23. The zero-order valence-corrected chi connectivity index (χ0v) is 14.9. The topological polar surface area (TPSA) is 61.2 Å². The molecule has 0 aromatic heterocycles. The molecule has 2 aromatic carbocycles. The molecule has 0 radical (unpaired) electrons. The second kappa shape index (κ2) is 7.27. The van der Waals surface area contributed by atoms with E-state index >= 15 is 0 Å². The minimum atomic E-state index is -0.905. The summed E-state index contributed by atoms with van der Waals surface area (Å²) in [4.78, 5) is 25.8. The number of nitrogens with zero attached hydrogens (tertiary/aromatic N) is 2. The minimum absolute atomic E-state index is 0.0374. The van der Waals surface area contributed by atoms with Crippen molar-refractivity contribution in [1.82, 2.24) is 0 Å². The highest BCUT2D eigenvalue weighted by Gasteiger charge is 2.30. The first kappa shape index (κ1) is 18.1. The van der Waals surface area contributed by atoms with E-state index in [0.717, 1.165) is 12.8 Å². The second-order valence-electron chi connectivity index (χ2n) is 6.41. The summed E-state index contributed by atoms with van der Waals surface area (Å²) >= 11 is 5.44. The van der Waals surface area contributed by atoms with Crippen LogP contribution in [0.2, 0.25) is 0 Å². The van der Waals surface area contributed by atoms with Crippen LogP contribution >= 0.6 is 11.6 Å². The Hall–Kier alpha value is -2.71. The summed E-state index contributed by atoms with van der Waals surface area (Å²) in [5.74, 6) is -0.859. The average molecular weight is 371 g/mol. The predicted octanol–water partition coefficient (Wildman–Crippen LogP) is 4.44. The largest absolute Gasteiger partial charge is 0.305 e. The molecule has 2 aromatic rings. The van der Waals surface area contributed by atoms with Crippen molar-refractivity contribution in [3.8, 4) is 6.07 Å². The van der Waals surface area contributed by atoms with Crippen molar-refractivity contribution in [2.45, 2.75) is 19.8 Å². The predicted molar refractivity (Wildman–Crippen MR) is 96.9 cm³/mol. The van der Waals surface area contributed by atoms with Crippen LogP contribution in [-0.2, 0) is 0 Å². The third kappa shape index (κ3) is 3.61. The van der Waals surface area contributed by atoms with Crippen molar-refractivity contribution in [2.75, 3.05) is 11.4 Å². The average Bonchev–Trinajstić information content (AvgIpc) is 3.43. The van der Waals surface area contributed by atoms with Crippen LogP contribution in [0.15, 0.2) is 36.4 Å². The molecule has 1 amide bonds. The number of rotatable bonds is 5. The van der Waals surface area contributed by atoms with Crippen LogP contribution in [0.1, 0.15) is 44.7 Å². The highest BCUT2D eigenvalue weighted by atomic mass is 35.5. The Kier molecular flexibility index (Phi) is 5.06. The van der Waals surface area contributed by atoms with E-state index < -0.39 is 11.1 Å². The highest BCUT2D eigenvalue weighted by molar-refractivity contribution is 6.67. The van der Waals surface area contributed by atoms with Gasteiger partial charge in [0.15, 0.2) is 5.82 Å². The van der Waals surface area contributed by atoms with E-state index in [9.17, 15) is 14.0 Å². The number of anilines is 1. The Morgan fingerprint density at radius 3 is 2.62 bits per heavy atom. The summed E-state index contributed by atoms with van der Waals surface area (Å²) in [6.07, 6.45) is 1.96. The van der Waals surface area contributed by atoms with E-state index in [1.165, 1.54) is 23.1 Å². The molecule has 0 N–H and O–H groups in total. The first-order chi connectivity index (χ1) is 12.4. The molecule has 0 aliphatic heterocycles. The molecular weight excluding hydrogens is 355 g/mol. The van der Waals surface area contributed by atoms with Gasteiger partial charge in [-0.1, -0.05) is 6.07 Å². The first-order valence-corrected chi connectivity index (χ1v) is 8.61. The molecule has 4 nitrogen and oxygen atoms in total. The van der Waals surface area contributed by atoms with Crippen LogP contribution in [0.5, 0.6) is 0 Å². The number of benzene rings is 2. The van der Waals surface area contributed by atoms with Crippen molar-refractivity contribution in [3.63, 3.8) is 0 Å². The smallest absolute Gasteiger partial charge is 0.258 e. The third-order valence-corrected chi connectivity index (χ3v) is 4.66.